The lowest BCUT2D eigenvalue weighted by molar-refractivity contribution is -0.0245. The Morgan fingerprint density at radius 2 is 2.12 bits per heavy atom. The molecule has 4 rings (SSSR count). The van der Waals surface area contributed by atoms with Crippen molar-refractivity contribution in [2.24, 2.45) is 7.05 Å². The molecule has 7 heteroatoms. The molecule has 1 aliphatic heterocycles. The van der Waals surface area contributed by atoms with E-state index >= 15 is 0 Å². The number of rotatable bonds is 3. The molecule has 2 aromatic rings. The lowest BCUT2D eigenvalue weighted by atomic mass is 9.82. The van der Waals surface area contributed by atoms with Crippen molar-refractivity contribution in [2.45, 2.75) is 50.2 Å². The van der Waals surface area contributed by atoms with Gasteiger partial charge in [0.05, 0.1) is 23.9 Å². The number of nitrogens with one attached hydrogen (secondary N) is 2. The van der Waals surface area contributed by atoms with Crippen LogP contribution >= 0.6 is 0 Å². The highest BCUT2D eigenvalue weighted by molar-refractivity contribution is 5.89. The fraction of sp³-hybridized carbons (Fsp3) is 0.526. The van der Waals surface area contributed by atoms with Crippen LogP contribution in [0.15, 0.2) is 30.5 Å². The first-order valence-electron chi connectivity index (χ1n) is 9.31. The Kier molecular flexibility index (Phi) is 4.63. The maximum atomic E-state index is 12.4. The molecule has 26 heavy (non-hydrogen) atoms. The maximum absolute atomic E-state index is 12.4. The Hall–Kier alpha value is -2.41. The molecule has 0 bridgehead atoms. The summed E-state index contributed by atoms with van der Waals surface area (Å²) in [5.74, 6) is 0.634. The summed E-state index contributed by atoms with van der Waals surface area (Å²) in [5.41, 5.74) is 1.50. The Labute approximate surface area is 153 Å². The first kappa shape index (κ1) is 17.0. The Morgan fingerprint density at radius 1 is 1.27 bits per heavy atom. The zero-order chi connectivity index (χ0) is 18.0. The highest BCUT2D eigenvalue weighted by Gasteiger charge is 2.41. The summed E-state index contributed by atoms with van der Waals surface area (Å²) in [6.45, 7) is 0.595. The Balaban J connectivity index is 1.36. The predicted molar refractivity (Wildman–Crippen MR) is 98.8 cm³/mol. The summed E-state index contributed by atoms with van der Waals surface area (Å²) < 4.78 is 7.71. The number of carbonyl (C=O) groups excluding carboxylic acids is 1. The minimum absolute atomic E-state index is 0.00509. The minimum Gasteiger partial charge on any atom is -0.373 e. The summed E-state index contributed by atoms with van der Waals surface area (Å²) in [7, 11) is 1.80. The average Bonchev–Trinajstić information content (AvgIpc) is 3.20. The van der Waals surface area contributed by atoms with E-state index in [9.17, 15) is 4.79 Å². The number of ether oxygens (including phenoxy) is 1. The van der Waals surface area contributed by atoms with Gasteiger partial charge in [0.15, 0.2) is 0 Å². The number of urea groups is 1. The summed E-state index contributed by atoms with van der Waals surface area (Å²) in [6.07, 6.45) is 8.61. The van der Waals surface area contributed by atoms with Crippen LogP contribution in [0.5, 0.6) is 0 Å². The molecule has 138 valence electrons. The van der Waals surface area contributed by atoms with Gasteiger partial charge in [-0.05, 0) is 31.4 Å². The van der Waals surface area contributed by atoms with Crippen molar-refractivity contribution in [1.82, 2.24) is 20.1 Å². The molecule has 1 atom stereocenters. The smallest absolute Gasteiger partial charge is 0.320 e. The van der Waals surface area contributed by atoms with Crippen LogP contribution in [-0.2, 0) is 11.8 Å². The normalized spacial score (nSPS) is 21.7. The van der Waals surface area contributed by atoms with Crippen molar-refractivity contribution in [2.75, 3.05) is 11.9 Å². The van der Waals surface area contributed by atoms with Gasteiger partial charge in [0.25, 0.3) is 0 Å². The van der Waals surface area contributed by atoms with Crippen molar-refractivity contribution in [3.8, 4) is 11.4 Å². The summed E-state index contributed by atoms with van der Waals surface area (Å²) in [6, 6.07) is 7.35. The van der Waals surface area contributed by atoms with Crippen LogP contribution < -0.4 is 10.6 Å². The first-order chi connectivity index (χ1) is 12.6. The van der Waals surface area contributed by atoms with Gasteiger partial charge in [0.2, 0.25) is 0 Å². The number of amides is 2. The van der Waals surface area contributed by atoms with Gasteiger partial charge in [-0.25, -0.2) is 4.79 Å². The summed E-state index contributed by atoms with van der Waals surface area (Å²) in [4.78, 5) is 16.7. The van der Waals surface area contributed by atoms with E-state index in [1.165, 1.54) is 19.3 Å². The molecule has 1 spiro atoms. The monoisotopic (exact) mass is 355 g/mol. The van der Waals surface area contributed by atoms with E-state index in [0.717, 1.165) is 30.7 Å². The molecule has 0 aromatic carbocycles. The van der Waals surface area contributed by atoms with Crippen LogP contribution in [0.3, 0.4) is 0 Å². The van der Waals surface area contributed by atoms with E-state index < -0.39 is 0 Å². The van der Waals surface area contributed by atoms with Gasteiger partial charge in [-0.15, -0.1) is 0 Å². The van der Waals surface area contributed by atoms with E-state index in [-0.39, 0.29) is 17.7 Å². The molecule has 3 heterocycles. The molecule has 1 saturated heterocycles. The van der Waals surface area contributed by atoms with Gasteiger partial charge >= 0.3 is 6.03 Å². The Bertz CT molecular complexity index is 767. The van der Waals surface area contributed by atoms with Crippen LogP contribution in [0, 0.1) is 0 Å². The third-order valence-electron chi connectivity index (χ3n) is 5.36. The average molecular weight is 355 g/mol. The highest BCUT2D eigenvalue weighted by Crippen LogP contribution is 2.39. The number of carbonyl (C=O) groups is 1. The molecule has 2 aliphatic rings. The summed E-state index contributed by atoms with van der Waals surface area (Å²) >= 11 is 0. The van der Waals surface area contributed by atoms with Crippen molar-refractivity contribution >= 4 is 11.8 Å². The lowest BCUT2D eigenvalue weighted by Gasteiger charge is -2.32. The molecule has 1 aliphatic carbocycles. The van der Waals surface area contributed by atoms with Gasteiger partial charge in [-0.2, -0.15) is 5.10 Å². The van der Waals surface area contributed by atoms with Crippen molar-refractivity contribution in [3.63, 3.8) is 0 Å². The fourth-order valence-electron chi connectivity index (χ4n) is 4.04. The van der Waals surface area contributed by atoms with E-state index in [0.29, 0.717) is 12.4 Å². The number of aryl methyl sites for hydroxylation is 1. The largest absolute Gasteiger partial charge is 0.373 e. The number of hydrogen-bond donors (Lipinski definition) is 2. The van der Waals surface area contributed by atoms with E-state index in [2.05, 4.69) is 20.7 Å². The lowest BCUT2D eigenvalue weighted by Crippen LogP contribution is -2.40. The zero-order valence-electron chi connectivity index (χ0n) is 15.1. The third-order valence-corrected chi connectivity index (χ3v) is 5.36. The molecule has 1 saturated carbocycles. The van der Waals surface area contributed by atoms with Gasteiger partial charge in [0, 0.05) is 19.3 Å². The molecule has 2 amide bonds. The second-order valence-electron chi connectivity index (χ2n) is 7.31. The van der Waals surface area contributed by atoms with Gasteiger partial charge in [-0.3, -0.25) is 15.0 Å². The van der Waals surface area contributed by atoms with Crippen LogP contribution in [0.2, 0.25) is 0 Å². The molecule has 7 nitrogen and oxygen atoms in total. The first-order valence-corrected chi connectivity index (χ1v) is 9.31. The van der Waals surface area contributed by atoms with E-state index in [1.54, 1.807) is 17.9 Å². The topological polar surface area (TPSA) is 81.1 Å². The van der Waals surface area contributed by atoms with Gasteiger partial charge in [0.1, 0.15) is 11.5 Å². The molecule has 0 unspecified atom stereocenters. The highest BCUT2D eigenvalue weighted by atomic mass is 16.5. The zero-order valence-corrected chi connectivity index (χ0v) is 15.1. The number of aromatic nitrogens is 3. The molecule has 2 fully saturated rings. The fourth-order valence-corrected chi connectivity index (χ4v) is 4.04. The molecule has 2 N–H and O–H groups in total. The van der Waals surface area contributed by atoms with Gasteiger partial charge < -0.3 is 10.1 Å². The maximum Gasteiger partial charge on any atom is 0.320 e. The van der Waals surface area contributed by atoms with E-state index in [4.69, 9.17) is 4.74 Å². The SMILES string of the molecule is Cn1nc(-c2ccccn2)cc1NC(=O)N[C@@H]1COC2(CCCCC2)C1. The standard InChI is InChI=1S/C19H25N5O2/c1-24-17(11-16(23-24)15-7-3-6-10-20-15)22-18(25)21-14-12-19(26-13-14)8-4-2-5-9-19/h3,6-7,10-11,14H,2,4-5,8-9,12-13H2,1H3,(H2,21,22,25)/t14-/m0/s1. The van der Waals surface area contributed by atoms with Crippen molar-refractivity contribution < 1.29 is 9.53 Å². The van der Waals surface area contributed by atoms with Crippen LogP contribution in [0.1, 0.15) is 38.5 Å². The van der Waals surface area contributed by atoms with Crippen molar-refractivity contribution in [1.29, 1.82) is 0 Å². The minimum atomic E-state index is -0.220. The second kappa shape index (κ2) is 7.07. The van der Waals surface area contributed by atoms with Gasteiger partial charge in [-0.1, -0.05) is 25.3 Å². The molecule has 2 aromatic heterocycles. The van der Waals surface area contributed by atoms with Crippen LogP contribution in [-0.4, -0.2) is 39.0 Å². The Morgan fingerprint density at radius 3 is 2.88 bits per heavy atom. The summed E-state index contributed by atoms with van der Waals surface area (Å²) in [5, 5.41) is 10.4. The van der Waals surface area contributed by atoms with Crippen molar-refractivity contribution in [3.05, 3.63) is 30.5 Å². The van der Waals surface area contributed by atoms with Crippen LogP contribution in [0.25, 0.3) is 11.4 Å². The molecular weight excluding hydrogens is 330 g/mol. The third kappa shape index (κ3) is 3.58. The second-order valence-corrected chi connectivity index (χ2v) is 7.31. The van der Waals surface area contributed by atoms with E-state index in [1.807, 2.05) is 24.3 Å². The molecular formula is C19H25N5O2. The van der Waals surface area contributed by atoms with Crippen LogP contribution in [0.4, 0.5) is 10.6 Å². The predicted octanol–water partition coefficient (Wildman–Crippen LogP) is 3.10. The number of pyridine rings is 1. The quantitative estimate of drug-likeness (QED) is 0.886. The number of nitrogens with zero attached hydrogens (tertiary/aromatic N) is 3. The number of hydrogen-bond acceptors (Lipinski definition) is 4. The number of anilines is 1. The molecule has 0 radical (unpaired) electrons.